The largest absolute Gasteiger partial charge is 0.492 e. The van der Waals surface area contributed by atoms with E-state index in [0.717, 1.165) is 0 Å². The number of sulfonamides is 1. The van der Waals surface area contributed by atoms with Crippen LogP contribution in [-0.4, -0.2) is 25.0 Å². The lowest BCUT2D eigenvalue weighted by atomic mass is 10.3. The van der Waals surface area contributed by atoms with Gasteiger partial charge in [0, 0.05) is 18.1 Å². The third-order valence-electron chi connectivity index (χ3n) is 2.35. The Morgan fingerprint density at radius 3 is 2.65 bits per heavy atom. The molecular weight excluding hydrogens is 280 g/mol. The van der Waals surface area contributed by atoms with E-state index in [1.54, 1.807) is 19.1 Å². The van der Waals surface area contributed by atoms with E-state index in [4.69, 9.17) is 10.5 Å². The second-order valence-electron chi connectivity index (χ2n) is 3.82. The fourth-order valence-electron chi connectivity index (χ4n) is 1.54. The van der Waals surface area contributed by atoms with Crippen LogP contribution < -0.4 is 15.2 Å². The van der Waals surface area contributed by atoms with Crippen molar-refractivity contribution in [3.8, 4) is 5.75 Å². The van der Waals surface area contributed by atoms with Gasteiger partial charge in [-0.25, -0.2) is 23.1 Å². The van der Waals surface area contributed by atoms with E-state index in [-0.39, 0.29) is 16.6 Å². The molecule has 0 saturated carbocycles. The number of nitrogens with one attached hydrogen (secondary N) is 1. The molecule has 0 aliphatic heterocycles. The first-order chi connectivity index (χ1) is 9.53. The van der Waals surface area contributed by atoms with Crippen molar-refractivity contribution in [1.82, 2.24) is 9.97 Å². The first kappa shape index (κ1) is 14.1. The van der Waals surface area contributed by atoms with E-state index >= 15 is 0 Å². The molecule has 0 radical (unpaired) electrons. The summed E-state index contributed by atoms with van der Waals surface area (Å²) < 4.78 is 32.2. The standard InChI is InChI=1S/C12H14N4O3S/c1-2-19-10-5-4-9(13)8-11(10)20(17,18)16-12-14-6-3-7-15-12/h3-8H,2,13H2,1H3,(H,14,15,16). The zero-order valence-electron chi connectivity index (χ0n) is 10.8. The average Bonchev–Trinajstić information content (AvgIpc) is 2.41. The Morgan fingerprint density at radius 2 is 2.00 bits per heavy atom. The highest BCUT2D eigenvalue weighted by molar-refractivity contribution is 7.92. The van der Waals surface area contributed by atoms with Gasteiger partial charge in [0.15, 0.2) is 0 Å². The highest BCUT2D eigenvalue weighted by Crippen LogP contribution is 2.27. The minimum Gasteiger partial charge on any atom is -0.492 e. The average molecular weight is 294 g/mol. The molecule has 0 amide bonds. The lowest BCUT2D eigenvalue weighted by molar-refractivity contribution is 0.331. The Bertz CT molecular complexity index is 689. The molecule has 0 atom stereocenters. The lowest BCUT2D eigenvalue weighted by Gasteiger charge is -2.12. The molecule has 0 fully saturated rings. The summed E-state index contributed by atoms with van der Waals surface area (Å²) in [4.78, 5) is 7.58. The Labute approximate surface area is 116 Å². The minimum atomic E-state index is -3.87. The van der Waals surface area contributed by atoms with Gasteiger partial charge in [0.2, 0.25) is 5.95 Å². The fourth-order valence-corrected chi connectivity index (χ4v) is 2.68. The zero-order chi connectivity index (χ0) is 14.6. The van der Waals surface area contributed by atoms with E-state index < -0.39 is 10.0 Å². The van der Waals surface area contributed by atoms with Gasteiger partial charge in [0.25, 0.3) is 10.0 Å². The zero-order valence-corrected chi connectivity index (χ0v) is 11.6. The molecular formula is C12H14N4O3S. The van der Waals surface area contributed by atoms with Crippen LogP contribution in [0.5, 0.6) is 5.75 Å². The van der Waals surface area contributed by atoms with Crippen LogP contribution in [0.15, 0.2) is 41.6 Å². The molecule has 20 heavy (non-hydrogen) atoms. The predicted molar refractivity (Wildman–Crippen MR) is 74.9 cm³/mol. The minimum absolute atomic E-state index is 0.0163. The summed E-state index contributed by atoms with van der Waals surface area (Å²) in [5.41, 5.74) is 5.96. The Morgan fingerprint density at radius 1 is 1.30 bits per heavy atom. The number of ether oxygens (including phenoxy) is 1. The molecule has 1 aromatic heterocycles. The van der Waals surface area contributed by atoms with Crippen LogP contribution in [0.1, 0.15) is 6.92 Å². The molecule has 0 spiro atoms. The number of hydrogen-bond acceptors (Lipinski definition) is 6. The summed E-state index contributed by atoms with van der Waals surface area (Å²) >= 11 is 0. The van der Waals surface area contributed by atoms with E-state index in [0.29, 0.717) is 12.3 Å². The Hall–Kier alpha value is -2.35. The van der Waals surface area contributed by atoms with Crippen LogP contribution >= 0.6 is 0 Å². The normalized spacial score (nSPS) is 11.1. The summed E-state index contributed by atoms with van der Waals surface area (Å²) in [6.45, 7) is 2.11. The van der Waals surface area contributed by atoms with Crippen LogP contribution in [0.4, 0.5) is 11.6 Å². The molecule has 0 bridgehead atoms. The maximum atomic E-state index is 12.3. The van der Waals surface area contributed by atoms with Gasteiger partial charge < -0.3 is 10.5 Å². The number of aromatic nitrogens is 2. The third kappa shape index (κ3) is 3.15. The number of rotatable bonds is 5. The monoisotopic (exact) mass is 294 g/mol. The van der Waals surface area contributed by atoms with E-state index in [2.05, 4.69) is 14.7 Å². The molecule has 0 aliphatic carbocycles. The van der Waals surface area contributed by atoms with Gasteiger partial charge in [-0.1, -0.05) is 0 Å². The molecule has 1 heterocycles. The van der Waals surface area contributed by atoms with Gasteiger partial charge >= 0.3 is 0 Å². The van der Waals surface area contributed by atoms with E-state index in [9.17, 15) is 8.42 Å². The molecule has 106 valence electrons. The van der Waals surface area contributed by atoms with Crippen LogP contribution in [0.2, 0.25) is 0 Å². The summed E-state index contributed by atoms with van der Waals surface area (Å²) in [6, 6.07) is 6.00. The number of nitrogens with two attached hydrogens (primary N) is 1. The predicted octanol–water partition coefficient (Wildman–Crippen LogP) is 1.26. The van der Waals surface area contributed by atoms with Crippen molar-refractivity contribution in [1.29, 1.82) is 0 Å². The van der Waals surface area contributed by atoms with Gasteiger partial charge in [-0.15, -0.1) is 0 Å². The van der Waals surface area contributed by atoms with Crippen LogP contribution in [0.3, 0.4) is 0 Å². The van der Waals surface area contributed by atoms with Crippen LogP contribution in [0.25, 0.3) is 0 Å². The van der Waals surface area contributed by atoms with Gasteiger partial charge in [-0.3, -0.25) is 0 Å². The van der Waals surface area contributed by atoms with Crippen LogP contribution in [0, 0.1) is 0 Å². The topological polar surface area (TPSA) is 107 Å². The number of nitrogen functional groups attached to an aromatic ring is 1. The van der Waals surface area contributed by atoms with Crippen molar-refractivity contribution >= 4 is 21.7 Å². The van der Waals surface area contributed by atoms with Gasteiger partial charge in [-0.05, 0) is 31.2 Å². The Balaban J connectivity index is 2.41. The second kappa shape index (κ2) is 5.74. The maximum Gasteiger partial charge on any atom is 0.267 e. The number of anilines is 2. The highest BCUT2D eigenvalue weighted by atomic mass is 32.2. The van der Waals surface area contributed by atoms with Crippen molar-refractivity contribution in [3.63, 3.8) is 0 Å². The molecule has 0 saturated heterocycles. The maximum absolute atomic E-state index is 12.3. The van der Waals surface area contributed by atoms with Crippen LogP contribution in [-0.2, 0) is 10.0 Å². The van der Waals surface area contributed by atoms with Gasteiger partial charge in [0.1, 0.15) is 10.6 Å². The quantitative estimate of drug-likeness (QED) is 0.804. The van der Waals surface area contributed by atoms with E-state index in [1.807, 2.05) is 0 Å². The summed E-state index contributed by atoms with van der Waals surface area (Å²) in [7, 11) is -3.87. The molecule has 7 nitrogen and oxygen atoms in total. The van der Waals surface area contributed by atoms with E-state index in [1.165, 1.54) is 24.5 Å². The number of nitrogens with zero attached hydrogens (tertiary/aromatic N) is 2. The smallest absolute Gasteiger partial charge is 0.267 e. The summed E-state index contributed by atoms with van der Waals surface area (Å²) in [5, 5.41) is 0. The molecule has 8 heteroatoms. The van der Waals surface area contributed by atoms with Crippen molar-refractivity contribution in [3.05, 3.63) is 36.7 Å². The molecule has 3 N–H and O–H groups in total. The molecule has 0 unspecified atom stereocenters. The summed E-state index contributed by atoms with van der Waals surface area (Å²) in [5.74, 6) is 0.211. The van der Waals surface area contributed by atoms with Crippen molar-refractivity contribution in [2.45, 2.75) is 11.8 Å². The molecule has 2 rings (SSSR count). The molecule has 0 aliphatic rings. The first-order valence-corrected chi connectivity index (χ1v) is 7.33. The van der Waals surface area contributed by atoms with Crippen molar-refractivity contribution < 1.29 is 13.2 Å². The lowest BCUT2D eigenvalue weighted by Crippen LogP contribution is -2.16. The van der Waals surface area contributed by atoms with Crippen molar-refractivity contribution in [2.75, 3.05) is 17.1 Å². The SMILES string of the molecule is CCOc1ccc(N)cc1S(=O)(=O)Nc1ncccn1. The van der Waals surface area contributed by atoms with Gasteiger partial charge in [-0.2, -0.15) is 0 Å². The third-order valence-corrected chi connectivity index (χ3v) is 3.70. The second-order valence-corrected chi connectivity index (χ2v) is 5.47. The summed E-state index contributed by atoms with van der Waals surface area (Å²) in [6.07, 6.45) is 2.88. The number of hydrogen-bond donors (Lipinski definition) is 2. The first-order valence-electron chi connectivity index (χ1n) is 5.85. The van der Waals surface area contributed by atoms with Gasteiger partial charge in [0.05, 0.1) is 6.61 Å². The molecule has 2 aromatic rings. The Kier molecular flexibility index (Phi) is 4.04. The number of benzene rings is 1. The fraction of sp³-hybridized carbons (Fsp3) is 0.167. The molecule has 1 aromatic carbocycles. The van der Waals surface area contributed by atoms with Crippen molar-refractivity contribution in [2.24, 2.45) is 0 Å². The highest BCUT2D eigenvalue weighted by Gasteiger charge is 2.21.